The van der Waals surface area contributed by atoms with Gasteiger partial charge in [0.25, 0.3) is 17.7 Å². The zero-order valence-corrected chi connectivity index (χ0v) is 55.8. The van der Waals surface area contributed by atoms with Crippen molar-refractivity contribution >= 4 is 17.7 Å². The summed E-state index contributed by atoms with van der Waals surface area (Å²) in [4.78, 5) is 80.6. The number of benzene rings is 8. The van der Waals surface area contributed by atoms with E-state index < -0.39 is 11.2 Å². The molecule has 2 N–H and O–H groups in total. The summed E-state index contributed by atoms with van der Waals surface area (Å²) >= 11 is 0. The number of nitrogens with zero attached hydrogens (tertiary/aromatic N) is 5. The van der Waals surface area contributed by atoms with Gasteiger partial charge in [0.15, 0.2) is 34.3 Å². The molecule has 0 radical (unpaired) electrons. The van der Waals surface area contributed by atoms with E-state index in [4.69, 9.17) is 9.47 Å². The minimum Gasteiger partial charge on any atom is -0.503 e. The van der Waals surface area contributed by atoms with Crippen LogP contribution in [0.25, 0.3) is 0 Å². The zero-order valence-electron chi connectivity index (χ0n) is 55.8. The Morgan fingerprint density at radius 3 is 1.04 bits per heavy atom. The average molecular weight is 1330 g/mol. The van der Waals surface area contributed by atoms with Crippen molar-refractivity contribution in [1.29, 1.82) is 0 Å². The van der Waals surface area contributed by atoms with Crippen molar-refractivity contribution < 1.29 is 29.0 Å². The van der Waals surface area contributed by atoms with Crippen molar-refractivity contribution in [3.63, 3.8) is 0 Å². The summed E-state index contributed by atoms with van der Waals surface area (Å²) in [6.45, 7) is 1.96. The number of pyridine rings is 3. The molecule has 100 heavy (non-hydrogen) atoms. The van der Waals surface area contributed by atoms with Gasteiger partial charge in [-0.1, -0.05) is 206 Å². The monoisotopic (exact) mass is 1320 g/mol. The van der Waals surface area contributed by atoms with Crippen molar-refractivity contribution in [3.05, 3.63) is 369 Å². The van der Waals surface area contributed by atoms with Crippen LogP contribution in [0, 0.1) is 0 Å². The van der Waals surface area contributed by atoms with Gasteiger partial charge >= 0.3 is 0 Å². The molecule has 0 saturated carbocycles. The second-order valence-electron chi connectivity index (χ2n) is 26.8. The fourth-order valence-electron chi connectivity index (χ4n) is 16.2. The third-order valence-corrected chi connectivity index (χ3v) is 21.0. The van der Waals surface area contributed by atoms with Crippen molar-refractivity contribution in [2.24, 2.45) is 0 Å². The van der Waals surface area contributed by atoms with Crippen molar-refractivity contribution in [2.45, 2.75) is 87.6 Å². The molecule has 11 aromatic rings. The van der Waals surface area contributed by atoms with E-state index in [0.29, 0.717) is 31.0 Å². The number of carbonyl (C=O) groups is 3. The number of aryl methyl sites for hydroxylation is 6. The summed E-state index contributed by atoms with van der Waals surface area (Å²) in [5.41, 5.74) is 17.0. The lowest BCUT2D eigenvalue weighted by atomic mass is 9.81. The zero-order chi connectivity index (χ0) is 68.5. The number of likely N-dealkylation sites (N-methyl/N-ethyl adjacent to an activating group) is 2. The molecule has 3 amide bonds. The highest BCUT2D eigenvalue weighted by atomic mass is 16.5. The van der Waals surface area contributed by atoms with Crippen LogP contribution in [0.3, 0.4) is 0 Å². The van der Waals surface area contributed by atoms with E-state index >= 15 is 0 Å². The minimum atomic E-state index is -0.527. The van der Waals surface area contributed by atoms with Gasteiger partial charge in [0.1, 0.15) is 13.2 Å². The predicted octanol–water partition coefficient (Wildman–Crippen LogP) is 12.7. The van der Waals surface area contributed by atoms with E-state index in [0.717, 1.165) is 49.7 Å². The number of hydrogen-bond donors (Lipinski definition) is 2. The lowest BCUT2D eigenvalue weighted by Gasteiger charge is -2.39. The maximum atomic E-state index is 13.5. The van der Waals surface area contributed by atoms with Gasteiger partial charge in [-0.3, -0.25) is 28.8 Å². The van der Waals surface area contributed by atoms with E-state index in [-0.39, 0.29) is 94.9 Å². The molecule has 3 aromatic heterocycles. The van der Waals surface area contributed by atoms with Gasteiger partial charge < -0.3 is 43.4 Å². The van der Waals surface area contributed by atoms with Gasteiger partial charge in [-0.25, -0.2) is 0 Å². The van der Waals surface area contributed by atoms with E-state index in [9.17, 15) is 33.9 Å². The fraction of sp³-hybridized carbons (Fsp3) is 0.224. The topological polar surface area (TPSA) is 174 Å². The van der Waals surface area contributed by atoms with Crippen LogP contribution in [0.4, 0.5) is 0 Å². The molecule has 15 heteroatoms. The molecule has 0 spiro atoms. The molecule has 500 valence electrons. The average Bonchev–Trinajstić information content (AvgIpc) is 1.30. The number of ether oxygens (including phenoxy) is 2. The largest absolute Gasteiger partial charge is 0.503 e. The number of rotatable bonds is 9. The number of nitrogens with one attached hydrogen (secondary N) is 1. The molecule has 8 aromatic carbocycles. The molecule has 3 unspecified atom stereocenters. The standard InChI is InChI=1S/C31H28N2O3.C30H26N2O3.C24H22N2O3/c1-32-19-26(28-24-13-7-5-11-22(24)15-16-23-12-6-8-14-25(23)28)33-18-17-27(34)30(29(33)31(32)35)36-20-21-9-3-2-4-10-21;33-26-16-17-32-25(18-31-30(34)28(32)29(26)35-19-20-8-2-1-3-9-20)27-23-12-6-4-10-21(23)14-15-22-11-5-7-13-24(22)27;1-25-14-19(26-13-12-20(27)23(28)22(26)24(25)29)21-17-8-4-2-6-15(17)10-11-16-7-3-5-9-18(16)21/h2-14,17-18,26,28H,15-16,19-20H2,1H3;1-13,16-17,25,27H,14-15,18-19H2,(H,31,34);2-9,12-13,19,21,28H,10-11,14H2,1H3. The summed E-state index contributed by atoms with van der Waals surface area (Å²) in [5.74, 6) is -0.948. The Hall–Kier alpha value is -11.6. The van der Waals surface area contributed by atoms with E-state index in [2.05, 4.69) is 151 Å². The summed E-state index contributed by atoms with van der Waals surface area (Å²) in [7, 11) is 3.54. The highest BCUT2D eigenvalue weighted by Crippen LogP contribution is 2.47. The third-order valence-electron chi connectivity index (χ3n) is 21.0. The molecule has 0 saturated heterocycles. The summed E-state index contributed by atoms with van der Waals surface area (Å²) in [5, 5.41) is 13.5. The van der Waals surface area contributed by atoms with Crippen LogP contribution < -0.4 is 31.1 Å². The second-order valence-corrected chi connectivity index (χ2v) is 26.8. The number of carbonyl (C=O) groups excluding carboxylic acids is 3. The number of amides is 3. The minimum absolute atomic E-state index is 0.0149. The Labute approximate surface area is 579 Å². The third kappa shape index (κ3) is 12.2. The van der Waals surface area contributed by atoms with Gasteiger partial charge in [0, 0.05) is 88.3 Å². The molecular weight excluding hydrogens is 1250 g/mol. The molecule has 3 atom stereocenters. The second kappa shape index (κ2) is 27.7. The molecule has 3 aliphatic carbocycles. The maximum Gasteiger partial charge on any atom is 0.274 e. The smallest absolute Gasteiger partial charge is 0.274 e. The first-order valence-electron chi connectivity index (χ1n) is 34.4. The lowest BCUT2D eigenvalue weighted by Crippen LogP contribution is -2.44. The highest BCUT2D eigenvalue weighted by molar-refractivity contribution is 5.97. The molecule has 6 aliphatic rings. The summed E-state index contributed by atoms with van der Waals surface area (Å²) in [6, 6.07) is 74.8. The van der Waals surface area contributed by atoms with Gasteiger partial charge in [-0.05, 0) is 116 Å². The highest BCUT2D eigenvalue weighted by Gasteiger charge is 2.43. The van der Waals surface area contributed by atoms with Crippen LogP contribution in [-0.4, -0.2) is 80.1 Å². The first-order chi connectivity index (χ1) is 48.9. The van der Waals surface area contributed by atoms with E-state index in [1.165, 1.54) is 85.0 Å². The van der Waals surface area contributed by atoms with Gasteiger partial charge in [0.05, 0.1) is 18.1 Å². The quantitative estimate of drug-likeness (QED) is 0.142. The molecular formula is C85H76N6O9. The first-order valence-corrected chi connectivity index (χ1v) is 34.4. The predicted molar refractivity (Wildman–Crippen MR) is 385 cm³/mol. The summed E-state index contributed by atoms with van der Waals surface area (Å²) in [6.07, 6.45) is 11.0. The Balaban J connectivity index is 0.000000123. The Bertz CT molecular complexity index is 5000. The van der Waals surface area contributed by atoms with Crippen molar-refractivity contribution in [3.8, 4) is 17.2 Å². The molecule has 15 nitrogen and oxygen atoms in total. The lowest BCUT2D eigenvalue weighted by molar-refractivity contribution is 0.0692. The number of aromatic nitrogens is 3. The SMILES string of the molecule is CN1CC(C2c3ccccc3CCc3ccccc32)n2ccc(=O)c(O)c2C1=O.CN1CC(C2c3ccccc3CCc3ccccc32)n2ccc(=O)c(OCc3ccccc3)c2C1=O.O=C1NCC(C2c3ccccc3CCc3ccccc32)n2ccc(=O)c(OCc3ccccc3)c21. The van der Waals surface area contributed by atoms with Crippen LogP contribution in [0.1, 0.15) is 145 Å². The molecule has 0 fully saturated rings. The van der Waals surface area contributed by atoms with E-state index in [1.807, 2.05) is 81.4 Å². The van der Waals surface area contributed by atoms with Crippen LogP contribution in [-0.2, 0) is 51.7 Å². The number of aromatic hydroxyl groups is 1. The van der Waals surface area contributed by atoms with Crippen LogP contribution in [0.2, 0.25) is 0 Å². The Morgan fingerprint density at radius 1 is 0.360 bits per heavy atom. The molecule has 0 bridgehead atoms. The molecule has 17 rings (SSSR count). The van der Waals surface area contributed by atoms with Gasteiger partial charge in [-0.15, -0.1) is 0 Å². The fourth-order valence-corrected chi connectivity index (χ4v) is 16.2. The first kappa shape index (κ1) is 64.4. The normalized spacial score (nSPS) is 17.5. The Morgan fingerprint density at radius 2 is 0.660 bits per heavy atom. The van der Waals surface area contributed by atoms with Gasteiger partial charge in [0.2, 0.25) is 16.3 Å². The Kier molecular flexibility index (Phi) is 17.9. The molecule has 6 heterocycles. The van der Waals surface area contributed by atoms with Crippen molar-refractivity contribution in [2.75, 3.05) is 33.7 Å². The number of fused-ring (bicyclic) bond motifs is 9. The van der Waals surface area contributed by atoms with Crippen LogP contribution in [0.15, 0.2) is 257 Å². The van der Waals surface area contributed by atoms with Crippen molar-refractivity contribution in [1.82, 2.24) is 28.8 Å². The van der Waals surface area contributed by atoms with Crippen LogP contribution in [0.5, 0.6) is 17.2 Å². The van der Waals surface area contributed by atoms with Crippen LogP contribution >= 0.6 is 0 Å². The maximum absolute atomic E-state index is 13.5. The molecule has 3 aliphatic heterocycles. The van der Waals surface area contributed by atoms with E-state index in [1.54, 1.807) is 35.4 Å². The van der Waals surface area contributed by atoms with Gasteiger partial charge in [-0.2, -0.15) is 0 Å². The summed E-state index contributed by atoms with van der Waals surface area (Å²) < 4.78 is 17.8. The number of hydrogen-bond acceptors (Lipinski definition) is 9.